The van der Waals surface area contributed by atoms with Gasteiger partial charge >= 0.3 is 0 Å². The fourth-order valence-corrected chi connectivity index (χ4v) is 2.28. The lowest BCUT2D eigenvalue weighted by atomic mass is 9.61. The third kappa shape index (κ3) is 1.10. The lowest BCUT2D eigenvalue weighted by Gasteiger charge is -2.56. The number of ether oxygens (including phenoxy) is 1. The maximum atomic E-state index is 5.60. The highest BCUT2D eigenvalue weighted by Crippen LogP contribution is 2.53. The van der Waals surface area contributed by atoms with Crippen LogP contribution in [0.3, 0.4) is 0 Å². The lowest BCUT2D eigenvalue weighted by molar-refractivity contribution is -0.228. The zero-order valence-electron chi connectivity index (χ0n) is 7.60. The average Bonchev–Trinajstić information content (AvgIpc) is 1.76. The second-order valence-corrected chi connectivity index (χ2v) is 4.65. The molecule has 1 heteroatoms. The molecule has 1 heterocycles. The van der Waals surface area contributed by atoms with E-state index in [1.54, 1.807) is 0 Å². The molecular weight excluding hydrogens is 136 g/mol. The minimum absolute atomic E-state index is 0.622. The van der Waals surface area contributed by atoms with E-state index < -0.39 is 0 Å². The zero-order valence-corrected chi connectivity index (χ0v) is 7.60. The highest BCUT2D eigenvalue weighted by molar-refractivity contribution is 5.00. The minimum atomic E-state index is 0.622. The Hall–Kier alpha value is -0.0400. The molecule has 0 radical (unpaired) electrons. The van der Waals surface area contributed by atoms with E-state index in [4.69, 9.17) is 4.74 Å². The predicted molar refractivity (Wildman–Crippen MR) is 45.5 cm³/mol. The molecule has 64 valence electrons. The molecule has 0 amide bonds. The van der Waals surface area contributed by atoms with Crippen LogP contribution in [0.2, 0.25) is 0 Å². The van der Waals surface area contributed by atoms with Crippen LogP contribution >= 0.6 is 0 Å². The SMILES string of the molecule is CC(C)CC1OCC12CCC2. The second kappa shape index (κ2) is 2.48. The van der Waals surface area contributed by atoms with Crippen LogP contribution in [-0.4, -0.2) is 12.7 Å². The van der Waals surface area contributed by atoms with Crippen molar-refractivity contribution in [1.82, 2.24) is 0 Å². The van der Waals surface area contributed by atoms with Gasteiger partial charge in [0.15, 0.2) is 0 Å². The lowest BCUT2D eigenvalue weighted by Crippen LogP contribution is -2.56. The fourth-order valence-electron chi connectivity index (χ4n) is 2.28. The number of rotatable bonds is 2. The van der Waals surface area contributed by atoms with Crippen LogP contribution < -0.4 is 0 Å². The predicted octanol–water partition coefficient (Wildman–Crippen LogP) is 2.60. The van der Waals surface area contributed by atoms with E-state index in [2.05, 4.69) is 13.8 Å². The van der Waals surface area contributed by atoms with Gasteiger partial charge in [-0.15, -0.1) is 0 Å². The van der Waals surface area contributed by atoms with Gasteiger partial charge in [0.2, 0.25) is 0 Å². The molecule has 1 atom stereocenters. The van der Waals surface area contributed by atoms with Gasteiger partial charge < -0.3 is 4.74 Å². The fraction of sp³-hybridized carbons (Fsp3) is 1.00. The third-order valence-electron chi connectivity index (χ3n) is 3.29. The Balaban J connectivity index is 1.86. The largest absolute Gasteiger partial charge is 0.377 e. The highest BCUT2D eigenvalue weighted by Gasteiger charge is 2.51. The van der Waals surface area contributed by atoms with Crippen LogP contribution in [0.4, 0.5) is 0 Å². The van der Waals surface area contributed by atoms with Crippen LogP contribution in [0.1, 0.15) is 39.5 Å². The van der Waals surface area contributed by atoms with Crippen molar-refractivity contribution in [3.63, 3.8) is 0 Å². The standard InChI is InChI=1S/C10H18O/c1-8(2)6-9-10(7-11-9)4-3-5-10/h8-9H,3-7H2,1-2H3. The first-order valence-corrected chi connectivity index (χ1v) is 4.84. The Bertz CT molecular complexity index is 141. The molecule has 0 N–H and O–H groups in total. The first-order chi connectivity index (χ1) is 5.23. The van der Waals surface area contributed by atoms with E-state index in [-0.39, 0.29) is 0 Å². The Morgan fingerprint density at radius 1 is 1.45 bits per heavy atom. The second-order valence-electron chi connectivity index (χ2n) is 4.65. The maximum absolute atomic E-state index is 5.60. The van der Waals surface area contributed by atoms with E-state index in [9.17, 15) is 0 Å². The quantitative estimate of drug-likeness (QED) is 0.594. The molecule has 1 aliphatic carbocycles. The van der Waals surface area contributed by atoms with Gasteiger partial charge in [-0.25, -0.2) is 0 Å². The minimum Gasteiger partial charge on any atom is -0.377 e. The molecule has 1 saturated carbocycles. The van der Waals surface area contributed by atoms with Crippen molar-refractivity contribution in [2.45, 2.75) is 45.6 Å². The Labute approximate surface area is 69.1 Å². The molecule has 1 saturated heterocycles. The summed E-state index contributed by atoms with van der Waals surface area (Å²) in [7, 11) is 0. The van der Waals surface area contributed by atoms with Gasteiger partial charge in [0.25, 0.3) is 0 Å². The molecule has 1 nitrogen and oxygen atoms in total. The molecule has 0 aromatic carbocycles. The van der Waals surface area contributed by atoms with E-state index in [0.717, 1.165) is 12.5 Å². The van der Waals surface area contributed by atoms with Gasteiger partial charge in [0.1, 0.15) is 0 Å². The molecular formula is C10H18O. The van der Waals surface area contributed by atoms with E-state index in [1.165, 1.54) is 25.7 Å². The summed E-state index contributed by atoms with van der Waals surface area (Å²) in [4.78, 5) is 0. The van der Waals surface area contributed by atoms with E-state index >= 15 is 0 Å². The Morgan fingerprint density at radius 3 is 2.45 bits per heavy atom. The van der Waals surface area contributed by atoms with Crippen molar-refractivity contribution >= 4 is 0 Å². The molecule has 0 aromatic rings. The summed E-state index contributed by atoms with van der Waals surface area (Å²) in [6.07, 6.45) is 6.21. The topological polar surface area (TPSA) is 9.23 Å². The molecule has 0 bridgehead atoms. The number of hydrogen-bond donors (Lipinski definition) is 0. The number of hydrogen-bond acceptors (Lipinski definition) is 1. The maximum Gasteiger partial charge on any atom is 0.0656 e. The summed E-state index contributed by atoms with van der Waals surface area (Å²) in [5.74, 6) is 0.803. The molecule has 1 aliphatic heterocycles. The first kappa shape index (κ1) is 7.60. The molecule has 0 aromatic heterocycles. The van der Waals surface area contributed by atoms with Gasteiger partial charge in [0.05, 0.1) is 12.7 Å². The van der Waals surface area contributed by atoms with E-state index in [1.807, 2.05) is 0 Å². The van der Waals surface area contributed by atoms with Gasteiger partial charge in [-0.2, -0.15) is 0 Å². The Morgan fingerprint density at radius 2 is 2.18 bits per heavy atom. The molecule has 1 spiro atoms. The van der Waals surface area contributed by atoms with Gasteiger partial charge in [-0.1, -0.05) is 20.3 Å². The molecule has 2 rings (SSSR count). The van der Waals surface area contributed by atoms with Crippen LogP contribution in [0.25, 0.3) is 0 Å². The first-order valence-electron chi connectivity index (χ1n) is 4.84. The van der Waals surface area contributed by atoms with E-state index in [0.29, 0.717) is 11.5 Å². The van der Waals surface area contributed by atoms with Gasteiger partial charge in [-0.05, 0) is 25.2 Å². The average molecular weight is 154 g/mol. The van der Waals surface area contributed by atoms with Crippen LogP contribution in [-0.2, 0) is 4.74 Å². The van der Waals surface area contributed by atoms with Crippen molar-refractivity contribution in [2.75, 3.05) is 6.61 Å². The van der Waals surface area contributed by atoms with Crippen LogP contribution in [0, 0.1) is 11.3 Å². The highest BCUT2D eigenvalue weighted by atomic mass is 16.5. The van der Waals surface area contributed by atoms with Crippen molar-refractivity contribution in [2.24, 2.45) is 11.3 Å². The molecule has 1 unspecified atom stereocenters. The van der Waals surface area contributed by atoms with Crippen molar-refractivity contribution in [1.29, 1.82) is 0 Å². The monoisotopic (exact) mass is 154 g/mol. The molecule has 2 fully saturated rings. The molecule has 2 aliphatic rings. The summed E-state index contributed by atoms with van der Waals surface area (Å²) < 4.78 is 5.60. The van der Waals surface area contributed by atoms with Crippen LogP contribution in [0.5, 0.6) is 0 Å². The zero-order chi connectivity index (χ0) is 7.90. The summed E-state index contributed by atoms with van der Waals surface area (Å²) in [6.45, 7) is 5.63. The van der Waals surface area contributed by atoms with Crippen molar-refractivity contribution in [3.8, 4) is 0 Å². The smallest absolute Gasteiger partial charge is 0.0656 e. The Kier molecular flexibility index (Phi) is 1.71. The van der Waals surface area contributed by atoms with Gasteiger partial charge in [-0.3, -0.25) is 0 Å². The summed E-state index contributed by atoms with van der Waals surface area (Å²) in [6, 6.07) is 0. The van der Waals surface area contributed by atoms with Crippen molar-refractivity contribution < 1.29 is 4.74 Å². The third-order valence-corrected chi connectivity index (χ3v) is 3.29. The molecule has 11 heavy (non-hydrogen) atoms. The van der Waals surface area contributed by atoms with Gasteiger partial charge in [0, 0.05) is 5.41 Å². The summed E-state index contributed by atoms with van der Waals surface area (Å²) in [5.41, 5.74) is 0.671. The van der Waals surface area contributed by atoms with Crippen LogP contribution in [0.15, 0.2) is 0 Å². The summed E-state index contributed by atoms with van der Waals surface area (Å²) >= 11 is 0. The normalized spacial score (nSPS) is 33.5. The summed E-state index contributed by atoms with van der Waals surface area (Å²) in [5, 5.41) is 0. The van der Waals surface area contributed by atoms with Crippen molar-refractivity contribution in [3.05, 3.63) is 0 Å².